The fourth-order valence-electron chi connectivity index (χ4n) is 7.19. The molecule has 0 saturated carbocycles. The first kappa shape index (κ1) is 50.9. The van der Waals surface area contributed by atoms with Gasteiger partial charge >= 0.3 is 0 Å². The number of carbonyl (C=O) groups is 1. The van der Waals surface area contributed by atoms with E-state index in [2.05, 4.69) is 24.4 Å². The fraction of sp³-hybridized carbons (Fsp3) is 0.923. The SMILES string of the molecule is CCC/C=C\CCCCCCCC(=O)NC(COC1OC(CO)C(OC2OC(CO)C(OC3OC(CO)C(O)C(O)C3O)C(O)C2O)C(O)C1O)C(O)CCCCC. The summed E-state index contributed by atoms with van der Waals surface area (Å²) >= 11 is 0. The number of hydrogen-bond donors (Lipinski definition) is 12. The van der Waals surface area contributed by atoms with Crippen LogP contribution in [0, 0.1) is 0 Å². The minimum atomic E-state index is -1.97. The van der Waals surface area contributed by atoms with E-state index in [1.165, 1.54) is 0 Å². The Labute approximate surface area is 340 Å². The molecule has 3 rings (SSSR count). The molecule has 0 aromatic rings. The van der Waals surface area contributed by atoms with Crippen LogP contribution in [0.25, 0.3) is 0 Å². The summed E-state index contributed by atoms with van der Waals surface area (Å²) in [5.74, 6) is -0.271. The highest BCUT2D eigenvalue weighted by Crippen LogP contribution is 2.33. The first-order valence-electron chi connectivity index (χ1n) is 20.9. The molecule has 3 fully saturated rings. The van der Waals surface area contributed by atoms with Crippen molar-refractivity contribution in [1.29, 1.82) is 0 Å². The number of nitrogens with one attached hydrogen (secondary N) is 1. The lowest BCUT2D eigenvalue weighted by molar-refractivity contribution is -0.379. The van der Waals surface area contributed by atoms with Crippen LogP contribution in [0.15, 0.2) is 12.2 Å². The molecule has 58 heavy (non-hydrogen) atoms. The molecule has 340 valence electrons. The number of aliphatic hydroxyl groups is 11. The van der Waals surface area contributed by atoms with Gasteiger partial charge in [0.1, 0.15) is 73.2 Å². The number of hydrogen-bond acceptors (Lipinski definition) is 18. The number of rotatable bonds is 26. The highest BCUT2D eigenvalue weighted by molar-refractivity contribution is 5.76. The van der Waals surface area contributed by atoms with Crippen molar-refractivity contribution >= 4 is 5.91 Å². The Morgan fingerprint density at radius 1 is 0.603 bits per heavy atom. The van der Waals surface area contributed by atoms with E-state index in [0.29, 0.717) is 19.3 Å². The van der Waals surface area contributed by atoms with E-state index < -0.39 is 124 Å². The van der Waals surface area contributed by atoms with E-state index >= 15 is 0 Å². The molecule has 3 aliphatic rings. The second-order valence-corrected chi connectivity index (χ2v) is 15.4. The zero-order chi connectivity index (χ0) is 42.8. The van der Waals surface area contributed by atoms with Crippen molar-refractivity contribution < 1.29 is 89.4 Å². The van der Waals surface area contributed by atoms with Crippen molar-refractivity contribution in [3.05, 3.63) is 12.2 Å². The Morgan fingerprint density at radius 2 is 1.12 bits per heavy atom. The summed E-state index contributed by atoms with van der Waals surface area (Å²) in [6.07, 6.45) is -10.9. The minimum absolute atomic E-state index is 0.253. The van der Waals surface area contributed by atoms with E-state index in [-0.39, 0.29) is 18.9 Å². The molecule has 0 bridgehead atoms. The third kappa shape index (κ3) is 14.9. The Balaban J connectivity index is 1.58. The summed E-state index contributed by atoms with van der Waals surface area (Å²) in [6, 6.07) is -0.880. The van der Waals surface area contributed by atoms with E-state index in [0.717, 1.165) is 57.8 Å². The third-order valence-electron chi connectivity index (χ3n) is 10.8. The highest BCUT2D eigenvalue weighted by atomic mass is 16.8. The van der Waals surface area contributed by atoms with Gasteiger partial charge in [-0.3, -0.25) is 4.79 Å². The van der Waals surface area contributed by atoms with Gasteiger partial charge in [-0.15, -0.1) is 0 Å². The lowest BCUT2D eigenvalue weighted by Crippen LogP contribution is -2.66. The summed E-state index contributed by atoms with van der Waals surface area (Å²) < 4.78 is 33.8. The molecule has 19 heteroatoms. The average molecular weight is 842 g/mol. The Morgan fingerprint density at radius 3 is 1.71 bits per heavy atom. The molecule has 3 heterocycles. The lowest BCUT2D eigenvalue weighted by atomic mass is 9.96. The summed E-state index contributed by atoms with van der Waals surface area (Å²) in [7, 11) is 0. The number of carbonyl (C=O) groups excluding carboxylic acids is 1. The van der Waals surface area contributed by atoms with Crippen LogP contribution in [-0.4, -0.2) is 193 Å². The first-order valence-corrected chi connectivity index (χ1v) is 20.9. The number of unbranched alkanes of at least 4 members (excludes halogenated alkanes) is 8. The Bertz CT molecular complexity index is 1150. The topological polar surface area (TPSA) is 307 Å². The van der Waals surface area contributed by atoms with E-state index in [9.17, 15) is 61.0 Å². The van der Waals surface area contributed by atoms with Gasteiger partial charge in [0.15, 0.2) is 18.9 Å². The molecule has 0 aromatic carbocycles. The standard InChI is InChI=1S/C39H71NO18/c1-3-5-7-8-9-10-11-12-13-15-17-27(45)40-22(23(44)16-14-6-4-2)21-53-37-33(51)30(48)35(25(19-42)55-37)58-39-34(52)31(49)36(26(20-43)56-39)57-38-32(50)29(47)28(46)24(18-41)54-38/h7-8,22-26,28-39,41-44,46-52H,3-6,9-21H2,1-2H3,(H,40,45)/b8-7-. The molecule has 17 atom stereocenters. The molecule has 0 radical (unpaired) electrons. The molecule has 0 aliphatic carbocycles. The first-order chi connectivity index (χ1) is 27.8. The molecular weight excluding hydrogens is 770 g/mol. The van der Waals surface area contributed by atoms with Gasteiger partial charge in [-0.2, -0.15) is 0 Å². The second kappa shape index (κ2) is 26.8. The van der Waals surface area contributed by atoms with E-state index in [4.69, 9.17) is 28.4 Å². The van der Waals surface area contributed by atoms with Crippen LogP contribution in [0.4, 0.5) is 0 Å². The highest BCUT2D eigenvalue weighted by Gasteiger charge is 2.53. The molecule has 0 aromatic heterocycles. The van der Waals surface area contributed by atoms with Crippen molar-refractivity contribution in [3.8, 4) is 0 Å². The second-order valence-electron chi connectivity index (χ2n) is 15.4. The summed E-state index contributed by atoms with van der Waals surface area (Å²) in [4.78, 5) is 12.9. The molecule has 19 nitrogen and oxygen atoms in total. The summed E-state index contributed by atoms with van der Waals surface area (Å²) in [5.41, 5.74) is 0. The van der Waals surface area contributed by atoms with Crippen molar-refractivity contribution in [2.45, 2.75) is 202 Å². The van der Waals surface area contributed by atoms with Crippen LogP contribution in [0.3, 0.4) is 0 Å². The van der Waals surface area contributed by atoms with Gasteiger partial charge in [-0.05, 0) is 32.1 Å². The van der Waals surface area contributed by atoms with Gasteiger partial charge in [0.25, 0.3) is 0 Å². The van der Waals surface area contributed by atoms with Crippen LogP contribution in [0.1, 0.15) is 97.3 Å². The molecular formula is C39H71NO18. The smallest absolute Gasteiger partial charge is 0.220 e. The maximum Gasteiger partial charge on any atom is 0.220 e. The predicted molar refractivity (Wildman–Crippen MR) is 203 cm³/mol. The monoisotopic (exact) mass is 841 g/mol. The van der Waals surface area contributed by atoms with Crippen LogP contribution < -0.4 is 5.32 Å². The van der Waals surface area contributed by atoms with Gasteiger partial charge in [0.05, 0.1) is 38.6 Å². The molecule has 12 N–H and O–H groups in total. The largest absolute Gasteiger partial charge is 0.394 e. The van der Waals surface area contributed by atoms with Gasteiger partial charge in [0, 0.05) is 6.42 Å². The van der Waals surface area contributed by atoms with E-state index in [1.807, 2.05) is 6.92 Å². The van der Waals surface area contributed by atoms with Crippen molar-refractivity contribution in [2.75, 3.05) is 26.4 Å². The number of ether oxygens (including phenoxy) is 6. The summed E-state index contributed by atoms with van der Waals surface area (Å²) in [6.45, 7) is 1.45. The summed E-state index contributed by atoms with van der Waals surface area (Å²) in [5, 5.41) is 118. The Hall–Kier alpha value is -1.47. The molecule has 3 aliphatic heterocycles. The van der Waals surface area contributed by atoms with Gasteiger partial charge in [-0.1, -0.05) is 70.9 Å². The lowest BCUT2D eigenvalue weighted by Gasteiger charge is -2.48. The van der Waals surface area contributed by atoms with Gasteiger partial charge < -0.3 is 89.9 Å². The molecule has 1 amide bonds. The zero-order valence-electron chi connectivity index (χ0n) is 33.8. The zero-order valence-corrected chi connectivity index (χ0v) is 33.8. The van der Waals surface area contributed by atoms with E-state index in [1.54, 1.807) is 0 Å². The number of allylic oxidation sites excluding steroid dienone is 2. The third-order valence-corrected chi connectivity index (χ3v) is 10.8. The number of aliphatic hydroxyl groups excluding tert-OH is 11. The van der Waals surface area contributed by atoms with Crippen molar-refractivity contribution in [1.82, 2.24) is 5.32 Å². The molecule has 0 spiro atoms. The fourth-order valence-corrected chi connectivity index (χ4v) is 7.19. The predicted octanol–water partition coefficient (Wildman–Crippen LogP) is -2.04. The molecule has 17 unspecified atom stereocenters. The minimum Gasteiger partial charge on any atom is -0.394 e. The number of amides is 1. The normalized spacial score (nSPS) is 36.9. The van der Waals surface area contributed by atoms with Crippen molar-refractivity contribution in [2.24, 2.45) is 0 Å². The van der Waals surface area contributed by atoms with Gasteiger partial charge in [0.2, 0.25) is 5.91 Å². The molecule has 3 saturated heterocycles. The van der Waals surface area contributed by atoms with Gasteiger partial charge in [-0.25, -0.2) is 0 Å². The Kier molecular flexibility index (Phi) is 23.5. The van der Waals surface area contributed by atoms with Crippen molar-refractivity contribution in [3.63, 3.8) is 0 Å². The van der Waals surface area contributed by atoms with Crippen LogP contribution >= 0.6 is 0 Å². The maximum absolute atomic E-state index is 12.9. The quantitative estimate of drug-likeness (QED) is 0.0330. The van der Waals surface area contributed by atoms with Crippen LogP contribution in [0.5, 0.6) is 0 Å². The average Bonchev–Trinajstić information content (AvgIpc) is 3.21. The van der Waals surface area contributed by atoms with Crippen LogP contribution in [0.2, 0.25) is 0 Å². The maximum atomic E-state index is 12.9. The van der Waals surface area contributed by atoms with Crippen LogP contribution in [-0.2, 0) is 33.2 Å².